The van der Waals surface area contributed by atoms with E-state index >= 15 is 0 Å². The molecule has 3 N–H and O–H groups in total. The minimum atomic E-state index is -0.991. The first kappa shape index (κ1) is 16.2. The van der Waals surface area contributed by atoms with Gasteiger partial charge in [0.1, 0.15) is 6.04 Å². The van der Waals surface area contributed by atoms with Crippen LogP contribution < -0.4 is 5.32 Å². The minimum Gasteiger partial charge on any atom is -0.481 e. The molecule has 20 heavy (non-hydrogen) atoms. The highest BCUT2D eigenvalue weighted by Crippen LogP contribution is 2.04. The second-order valence-corrected chi connectivity index (χ2v) is 4.72. The maximum atomic E-state index is 10.9. The van der Waals surface area contributed by atoms with E-state index in [-0.39, 0.29) is 12.8 Å². The maximum absolute atomic E-state index is 10.9. The van der Waals surface area contributed by atoms with E-state index in [1.54, 1.807) is 0 Å². The molecular formula is C15H21NO4. The number of aliphatic carboxylic acids is 2. The summed E-state index contributed by atoms with van der Waals surface area (Å²) in [6, 6.07) is 9.34. The third-order valence-corrected chi connectivity index (χ3v) is 3.07. The minimum absolute atomic E-state index is 0.114. The van der Waals surface area contributed by atoms with Crippen molar-refractivity contribution in [1.82, 2.24) is 5.32 Å². The molecule has 1 aromatic rings. The molecule has 0 fully saturated rings. The summed E-state index contributed by atoms with van der Waals surface area (Å²) in [5, 5.41) is 20.4. The van der Waals surface area contributed by atoms with Gasteiger partial charge in [0.15, 0.2) is 0 Å². The number of unbranched alkanes of at least 4 members (excludes halogenated alkanes) is 1. The van der Waals surface area contributed by atoms with Gasteiger partial charge in [0, 0.05) is 6.42 Å². The first-order valence-corrected chi connectivity index (χ1v) is 6.81. The molecule has 0 unspecified atom stereocenters. The third kappa shape index (κ3) is 6.89. The molecule has 110 valence electrons. The van der Waals surface area contributed by atoms with Crippen molar-refractivity contribution in [3.63, 3.8) is 0 Å². The van der Waals surface area contributed by atoms with E-state index in [4.69, 9.17) is 10.2 Å². The predicted octanol–water partition coefficient (Wildman–Crippen LogP) is 1.92. The number of hydrogen-bond acceptors (Lipinski definition) is 3. The molecular weight excluding hydrogens is 258 g/mol. The highest BCUT2D eigenvalue weighted by Gasteiger charge is 2.17. The van der Waals surface area contributed by atoms with Crippen molar-refractivity contribution in [1.29, 1.82) is 0 Å². The average molecular weight is 279 g/mol. The van der Waals surface area contributed by atoms with Gasteiger partial charge in [0.25, 0.3) is 0 Å². The fourth-order valence-corrected chi connectivity index (χ4v) is 1.96. The molecule has 0 aromatic heterocycles. The summed E-state index contributed by atoms with van der Waals surface area (Å²) < 4.78 is 0. The maximum Gasteiger partial charge on any atom is 0.320 e. The van der Waals surface area contributed by atoms with Crippen molar-refractivity contribution in [3.8, 4) is 0 Å². The topological polar surface area (TPSA) is 86.6 Å². The van der Waals surface area contributed by atoms with Crippen molar-refractivity contribution in [2.75, 3.05) is 6.54 Å². The van der Waals surface area contributed by atoms with Crippen molar-refractivity contribution in [2.45, 2.75) is 38.1 Å². The normalized spacial score (nSPS) is 12.0. The zero-order valence-electron chi connectivity index (χ0n) is 11.4. The van der Waals surface area contributed by atoms with Crippen LogP contribution >= 0.6 is 0 Å². The quantitative estimate of drug-likeness (QED) is 0.570. The van der Waals surface area contributed by atoms with Crippen LogP contribution in [0.15, 0.2) is 30.3 Å². The van der Waals surface area contributed by atoms with E-state index < -0.39 is 18.0 Å². The number of benzene rings is 1. The van der Waals surface area contributed by atoms with E-state index in [0.29, 0.717) is 6.54 Å². The van der Waals surface area contributed by atoms with Gasteiger partial charge in [0.2, 0.25) is 0 Å². The second kappa shape index (κ2) is 9.09. The predicted molar refractivity (Wildman–Crippen MR) is 75.7 cm³/mol. The Balaban J connectivity index is 2.17. The van der Waals surface area contributed by atoms with Gasteiger partial charge in [-0.15, -0.1) is 0 Å². The third-order valence-electron chi connectivity index (χ3n) is 3.07. The summed E-state index contributed by atoms with van der Waals surface area (Å²) in [5.41, 5.74) is 1.27. The summed E-state index contributed by atoms with van der Waals surface area (Å²) in [4.78, 5) is 21.4. The molecule has 0 heterocycles. The molecule has 0 aliphatic carbocycles. The standard InChI is InChI=1S/C15H21NO4/c17-14(18)10-9-13(15(19)20)16-11-5-4-8-12-6-2-1-3-7-12/h1-3,6-7,13,16H,4-5,8-11H2,(H,17,18)(H,19,20)/t13-/m0/s1. The van der Waals surface area contributed by atoms with Gasteiger partial charge >= 0.3 is 11.9 Å². The van der Waals surface area contributed by atoms with Gasteiger partial charge in [-0.05, 0) is 37.8 Å². The number of nitrogens with one attached hydrogen (secondary N) is 1. The molecule has 1 aromatic carbocycles. The lowest BCUT2D eigenvalue weighted by Crippen LogP contribution is -2.37. The van der Waals surface area contributed by atoms with Gasteiger partial charge in [-0.3, -0.25) is 9.59 Å². The van der Waals surface area contributed by atoms with Crippen LogP contribution in [0.25, 0.3) is 0 Å². The molecule has 5 heteroatoms. The zero-order chi connectivity index (χ0) is 14.8. The largest absolute Gasteiger partial charge is 0.481 e. The molecule has 0 amide bonds. The van der Waals surface area contributed by atoms with Crippen molar-refractivity contribution < 1.29 is 19.8 Å². The Kier molecular flexibility index (Phi) is 7.35. The van der Waals surface area contributed by atoms with E-state index in [9.17, 15) is 9.59 Å². The molecule has 0 saturated heterocycles. The van der Waals surface area contributed by atoms with Crippen molar-refractivity contribution in [2.24, 2.45) is 0 Å². The number of carboxylic acids is 2. The van der Waals surface area contributed by atoms with Crippen molar-refractivity contribution >= 4 is 11.9 Å². The van der Waals surface area contributed by atoms with Gasteiger partial charge in [-0.2, -0.15) is 0 Å². The Bertz CT molecular complexity index is 419. The van der Waals surface area contributed by atoms with Crippen LogP contribution in [0.4, 0.5) is 0 Å². The molecule has 0 bridgehead atoms. The Morgan fingerprint density at radius 2 is 1.80 bits per heavy atom. The van der Waals surface area contributed by atoms with Crippen molar-refractivity contribution in [3.05, 3.63) is 35.9 Å². The van der Waals surface area contributed by atoms with Gasteiger partial charge in [-0.25, -0.2) is 0 Å². The summed E-state index contributed by atoms with van der Waals surface area (Å²) in [6.07, 6.45) is 2.79. The van der Waals surface area contributed by atoms with E-state index in [1.807, 2.05) is 18.2 Å². The Hall–Kier alpha value is -1.88. The first-order chi connectivity index (χ1) is 9.59. The number of carboxylic acid groups (broad SMARTS) is 2. The highest BCUT2D eigenvalue weighted by molar-refractivity contribution is 5.75. The molecule has 0 radical (unpaired) electrons. The van der Waals surface area contributed by atoms with E-state index in [2.05, 4.69) is 17.4 Å². The lowest BCUT2D eigenvalue weighted by atomic mass is 10.1. The van der Waals surface area contributed by atoms with Crippen LogP contribution in [0.1, 0.15) is 31.2 Å². The number of carbonyl (C=O) groups is 2. The van der Waals surface area contributed by atoms with Crippen LogP contribution in [-0.4, -0.2) is 34.7 Å². The summed E-state index contributed by atoms with van der Waals surface area (Å²) >= 11 is 0. The number of rotatable bonds is 10. The van der Waals surface area contributed by atoms with Crippen LogP contribution in [0.3, 0.4) is 0 Å². The molecule has 0 aliphatic rings. The SMILES string of the molecule is O=C(O)CC[C@H](NCCCCc1ccccc1)C(=O)O. The Morgan fingerprint density at radius 3 is 2.40 bits per heavy atom. The number of aryl methyl sites for hydroxylation is 1. The lowest BCUT2D eigenvalue weighted by Gasteiger charge is -2.13. The summed E-state index contributed by atoms with van der Waals surface area (Å²) in [5.74, 6) is -1.96. The van der Waals surface area contributed by atoms with Gasteiger partial charge in [0.05, 0.1) is 0 Å². The van der Waals surface area contributed by atoms with Gasteiger partial charge < -0.3 is 15.5 Å². The summed E-state index contributed by atoms with van der Waals surface area (Å²) in [6.45, 7) is 0.587. The lowest BCUT2D eigenvalue weighted by molar-refractivity contribution is -0.140. The zero-order valence-corrected chi connectivity index (χ0v) is 11.4. The Morgan fingerprint density at radius 1 is 1.10 bits per heavy atom. The van der Waals surface area contributed by atoms with Crippen LogP contribution in [-0.2, 0) is 16.0 Å². The highest BCUT2D eigenvalue weighted by atomic mass is 16.4. The monoisotopic (exact) mass is 279 g/mol. The van der Waals surface area contributed by atoms with Crippen LogP contribution in [0.5, 0.6) is 0 Å². The van der Waals surface area contributed by atoms with Crippen LogP contribution in [0.2, 0.25) is 0 Å². The Labute approximate surface area is 118 Å². The second-order valence-electron chi connectivity index (χ2n) is 4.72. The first-order valence-electron chi connectivity index (χ1n) is 6.81. The molecule has 1 rings (SSSR count). The molecule has 1 atom stereocenters. The average Bonchev–Trinajstić information content (AvgIpc) is 2.42. The van der Waals surface area contributed by atoms with E-state index in [1.165, 1.54) is 5.56 Å². The fourth-order valence-electron chi connectivity index (χ4n) is 1.96. The molecule has 0 saturated carbocycles. The number of hydrogen-bond donors (Lipinski definition) is 3. The van der Waals surface area contributed by atoms with Gasteiger partial charge in [-0.1, -0.05) is 30.3 Å². The molecule has 0 aliphatic heterocycles. The fraction of sp³-hybridized carbons (Fsp3) is 0.467. The van der Waals surface area contributed by atoms with Crippen LogP contribution in [0, 0.1) is 0 Å². The van der Waals surface area contributed by atoms with E-state index in [0.717, 1.165) is 19.3 Å². The molecule has 5 nitrogen and oxygen atoms in total. The molecule has 0 spiro atoms. The summed E-state index contributed by atoms with van der Waals surface area (Å²) in [7, 11) is 0. The smallest absolute Gasteiger partial charge is 0.320 e.